The summed E-state index contributed by atoms with van der Waals surface area (Å²) in [6, 6.07) is 0. The van der Waals surface area contributed by atoms with Gasteiger partial charge in [0.25, 0.3) is 0 Å². The number of aliphatic hydroxyl groups excluding tert-OH is 1. The van der Waals surface area contributed by atoms with Crippen molar-refractivity contribution in [2.45, 2.75) is 51.0 Å². The quantitative estimate of drug-likeness (QED) is 0.657. The third-order valence-electron chi connectivity index (χ3n) is 4.84. The molecule has 1 N–H and O–H groups in total. The minimum atomic E-state index is 0.0455. The Kier molecular flexibility index (Phi) is 1.90. The smallest absolute Gasteiger partial charge is 0.0543 e. The van der Waals surface area contributed by atoms with Crippen molar-refractivity contribution in [3.05, 3.63) is 0 Å². The predicted octanol–water partition coefficient (Wildman–Crippen LogP) is 2.58. The van der Waals surface area contributed by atoms with E-state index in [4.69, 9.17) is 0 Å². The monoisotopic (exact) mass is 180 g/mol. The molecule has 3 aliphatic carbocycles. The highest BCUT2D eigenvalue weighted by Crippen LogP contribution is 2.53. The van der Waals surface area contributed by atoms with Gasteiger partial charge in [-0.15, -0.1) is 0 Å². The van der Waals surface area contributed by atoms with Crippen molar-refractivity contribution in [1.29, 1.82) is 0 Å². The zero-order chi connectivity index (χ0) is 8.84. The first-order chi connectivity index (χ1) is 6.33. The average molecular weight is 180 g/mol. The van der Waals surface area contributed by atoms with Gasteiger partial charge in [0, 0.05) is 0 Å². The minimum absolute atomic E-state index is 0.0455. The fraction of sp³-hybridized carbons (Fsp3) is 1.00. The van der Waals surface area contributed by atoms with Crippen molar-refractivity contribution < 1.29 is 5.11 Å². The molecule has 0 saturated heterocycles. The Morgan fingerprint density at radius 2 is 1.54 bits per heavy atom. The molecule has 5 unspecified atom stereocenters. The predicted molar refractivity (Wildman–Crippen MR) is 52.3 cm³/mol. The molecule has 3 aliphatic rings. The van der Waals surface area contributed by atoms with Crippen LogP contribution in [0.5, 0.6) is 0 Å². The molecular formula is C12H20O. The van der Waals surface area contributed by atoms with E-state index in [1.54, 1.807) is 0 Å². The summed E-state index contributed by atoms with van der Waals surface area (Å²) in [5.41, 5.74) is 0. The first kappa shape index (κ1) is 8.28. The van der Waals surface area contributed by atoms with Crippen LogP contribution in [0.3, 0.4) is 0 Å². The van der Waals surface area contributed by atoms with Gasteiger partial charge in [0.2, 0.25) is 0 Å². The normalized spacial score (nSPS) is 54.7. The molecule has 0 heterocycles. The average Bonchev–Trinajstić information content (AvgIpc) is 2.77. The summed E-state index contributed by atoms with van der Waals surface area (Å²) in [6.07, 6.45) is 9.60. The minimum Gasteiger partial charge on any atom is -0.393 e. The molecule has 13 heavy (non-hydrogen) atoms. The molecule has 1 heteroatoms. The number of aliphatic hydroxyl groups is 1. The van der Waals surface area contributed by atoms with Crippen LogP contribution < -0.4 is 0 Å². The molecule has 3 saturated carbocycles. The summed E-state index contributed by atoms with van der Waals surface area (Å²) in [5.74, 6) is 4.04. The second kappa shape index (κ2) is 2.98. The van der Waals surface area contributed by atoms with Gasteiger partial charge in [-0.1, -0.05) is 6.42 Å². The van der Waals surface area contributed by atoms with Crippen molar-refractivity contribution in [2.24, 2.45) is 23.7 Å². The maximum absolute atomic E-state index is 9.53. The van der Waals surface area contributed by atoms with E-state index in [2.05, 4.69) is 0 Å². The summed E-state index contributed by atoms with van der Waals surface area (Å²) in [7, 11) is 0. The lowest BCUT2D eigenvalue weighted by Crippen LogP contribution is -2.19. The summed E-state index contributed by atoms with van der Waals surface area (Å²) >= 11 is 0. The highest BCUT2D eigenvalue weighted by molar-refractivity contribution is 4.95. The Morgan fingerprint density at radius 1 is 0.769 bits per heavy atom. The van der Waals surface area contributed by atoms with Gasteiger partial charge in [-0.2, -0.15) is 0 Å². The fourth-order valence-corrected chi connectivity index (χ4v) is 4.25. The molecule has 0 aliphatic heterocycles. The molecule has 74 valence electrons. The van der Waals surface area contributed by atoms with E-state index in [0.717, 1.165) is 36.5 Å². The summed E-state index contributed by atoms with van der Waals surface area (Å²) in [5, 5.41) is 9.53. The second-order valence-corrected chi connectivity index (χ2v) is 5.57. The van der Waals surface area contributed by atoms with Crippen molar-refractivity contribution in [1.82, 2.24) is 0 Å². The third kappa shape index (κ3) is 1.32. The van der Waals surface area contributed by atoms with E-state index in [1.165, 1.54) is 32.1 Å². The topological polar surface area (TPSA) is 20.2 Å². The zero-order valence-electron chi connectivity index (χ0n) is 8.28. The van der Waals surface area contributed by atoms with E-state index in [-0.39, 0.29) is 6.10 Å². The van der Waals surface area contributed by atoms with Gasteiger partial charge < -0.3 is 5.11 Å². The summed E-state index contributed by atoms with van der Waals surface area (Å²) in [4.78, 5) is 0. The molecule has 5 atom stereocenters. The van der Waals surface area contributed by atoms with Crippen LogP contribution in [0, 0.1) is 23.7 Å². The first-order valence-corrected chi connectivity index (χ1v) is 6.01. The molecule has 3 fully saturated rings. The molecular weight excluding hydrogens is 160 g/mol. The van der Waals surface area contributed by atoms with Gasteiger partial charge in [-0.3, -0.25) is 0 Å². The van der Waals surface area contributed by atoms with Crippen molar-refractivity contribution >= 4 is 0 Å². The maximum Gasteiger partial charge on any atom is 0.0543 e. The number of hydrogen-bond donors (Lipinski definition) is 1. The van der Waals surface area contributed by atoms with Crippen molar-refractivity contribution in [3.8, 4) is 0 Å². The van der Waals surface area contributed by atoms with E-state index in [9.17, 15) is 5.11 Å². The molecule has 0 spiro atoms. The van der Waals surface area contributed by atoms with Gasteiger partial charge in [0.1, 0.15) is 0 Å². The van der Waals surface area contributed by atoms with Crippen LogP contribution in [0.1, 0.15) is 44.9 Å². The van der Waals surface area contributed by atoms with Gasteiger partial charge in [-0.25, -0.2) is 0 Å². The lowest BCUT2D eigenvalue weighted by Gasteiger charge is -2.27. The third-order valence-corrected chi connectivity index (χ3v) is 4.84. The summed E-state index contributed by atoms with van der Waals surface area (Å²) in [6.45, 7) is 0. The van der Waals surface area contributed by atoms with Gasteiger partial charge >= 0.3 is 0 Å². The van der Waals surface area contributed by atoms with Crippen molar-refractivity contribution in [2.75, 3.05) is 0 Å². The Bertz CT molecular complexity index is 201. The van der Waals surface area contributed by atoms with Crippen LogP contribution in [0.15, 0.2) is 0 Å². The van der Waals surface area contributed by atoms with Crippen LogP contribution in [-0.2, 0) is 0 Å². The second-order valence-electron chi connectivity index (χ2n) is 5.57. The highest BCUT2D eigenvalue weighted by atomic mass is 16.3. The zero-order valence-corrected chi connectivity index (χ0v) is 8.28. The van der Waals surface area contributed by atoms with Crippen molar-refractivity contribution in [3.63, 3.8) is 0 Å². The van der Waals surface area contributed by atoms with Gasteiger partial charge in [-0.05, 0) is 62.2 Å². The molecule has 0 aromatic rings. The highest BCUT2D eigenvalue weighted by Gasteiger charge is 2.44. The lowest BCUT2D eigenvalue weighted by molar-refractivity contribution is 0.159. The van der Waals surface area contributed by atoms with E-state index >= 15 is 0 Å². The maximum atomic E-state index is 9.53. The van der Waals surface area contributed by atoms with Crippen LogP contribution in [0.2, 0.25) is 0 Å². The Balaban J connectivity index is 1.66. The van der Waals surface area contributed by atoms with Crippen LogP contribution in [0.4, 0.5) is 0 Å². The van der Waals surface area contributed by atoms with E-state index < -0.39 is 0 Å². The van der Waals surface area contributed by atoms with Gasteiger partial charge in [0.05, 0.1) is 6.10 Å². The molecule has 0 amide bonds. The number of fused-ring (bicyclic) bond motifs is 2. The molecule has 1 nitrogen and oxygen atoms in total. The summed E-state index contributed by atoms with van der Waals surface area (Å²) < 4.78 is 0. The largest absolute Gasteiger partial charge is 0.393 e. The SMILES string of the molecule is OC1CCC(C2CC3CCC2C3)C1. The Morgan fingerprint density at radius 3 is 2.08 bits per heavy atom. The van der Waals surface area contributed by atoms with E-state index in [0.29, 0.717) is 0 Å². The lowest BCUT2D eigenvalue weighted by atomic mass is 9.78. The van der Waals surface area contributed by atoms with Crippen LogP contribution >= 0.6 is 0 Å². The first-order valence-electron chi connectivity index (χ1n) is 6.01. The van der Waals surface area contributed by atoms with E-state index in [1.807, 2.05) is 0 Å². The van der Waals surface area contributed by atoms with Gasteiger partial charge in [0.15, 0.2) is 0 Å². The Labute approximate surface area is 80.5 Å². The van der Waals surface area contributed by atoms with Crippen LogP contribution in [0.25, 0.3) is 0 Å². The number of hydrogen-bond acceptors (Lipinski definition) is 1. The molecule has 3 rings (SSSR count). The standard InChI is InChI=1S/C12H20O/c13-11-4-3-10(7-11)12-6-8-1-2-9(12)5-8/h8-13H,1-7H2. The molecule has 2 bridgehead atoms. The Hall–Kier alpha value is -0.0400. The molecule has 0 radical (unpaired) electrons. The fourth-order valence-electron chi connectivity index (χ4n) is 4.25. The molecule has 0 aromatic carbocycles. The molecule has 0 aromatic heterocycles. The number of rotatable bonds is 1. The van der Waals surface area contributed by atoms with Crippen LogP contribution in [-0.4, -0.2) is 11.2 Å².